The van der Waals surface area contributed by atoms with Gasteiger partial charge in [0, 0.05) is 12.0 Å². The third-order valence-electron chi connectivity index (χ3n) is 2.87. The molecule has 0 aliphatic carbocycles. The van der Waals surface area contributed by atoms with Crippen LogP contribution in [0.25, 0.3) is 0 Å². The highest BCUT2D eigenvalue weighted by atomic mass is 32.2. The molecule has 0 fully saturated rings. The fourth-order valence-corrected chi connectivity index (χ4v) is 3.07. The molecule has 4 N–H and O–H groups in total. The molecule has 0 amide bonds. The Hall–Kier alpha value is -0.910. The van der Waals surface area contributed by atoms with Gasteiger partial charge in [-0.1, -0.05) is 32.0 Å². The van der Waals surface area contributed by atoms with Gasteiger partial charge < -0.3 is 5.73 Å². The fraction of sp³-hybridized carbons (Fsp3) is 0.500. The van der Waals surface area contributed by atoms with E-state index >= 15 is 0 Å². The van der Waals surface area contributed by atoms with Gasteiger partial charge in [0.1, 0.15) is 0 Å². The highest BCUT2D eigenvalue weighted by Gasteiger charge is 2.25. The van der Waals surface area contributed by atoms with Crippen molar-refractivity contribution in [2.45, 2.75) is 37.6 Å². The van der Waals surface area contributed by atoms with Crippen molar-refractivity contribution in [3.8, 4) is 0 Å². The van der Waals surface area contributed by atoms with Gasteiger partial charge in [-0.3, -0.25) is 0 Å². The molecule has 0 bridgehead atoms. The maximum Gasteiger partial charge on any atom is 0.238 e. The van der Waals surface area contributed by atoms with Gasteiger partial charge in [0.15, 0.2) is 0 Å². The lowest BCUT2D eigenvalue weighted by molar-refractivity contribution is 0.429. The average molecular weight is 256 g/mol. The van der Waals surface area contributed by atoms with Crippen LogP contribution in [0.4, 0.5) is 0 Å². The summed E-state index contributed by atoms with van der Waals surface area (Å²) in [6.45, 7) is 5.92. The van der Waals surface area contributed by atoms with E-state index in [-0.39, 0.29) is 22.8 Å². The van der Waals surface area contributed by atoms with Crippen LogP contribution in [0.15, 0.2) is 29.2 Å². The molecule has 0 saturated heterocycles. The Bertz CT molecular complexity index is 473. The first kappa shape index (κ1) is 14.2. The molecule has 0 spiro atoms. The van der Waals surface area contributed by atoms with E-state index in [4.69, 9.17) is 10.9 Å². The molecule has 17 heavy (non-hydrogen) atoms. The Kier molecular flexibility index (Phi) is 4.30. The van der Waals surface area contributed by atoms with Gasteiger partial charge in [-0.25, -0.2) is 13.6 Å². The molecule has 1 rings (SSSR count). The largest absolute Gasteiger partial charge is 0.327 e. The van der Waals surface area contributed by atoms with Crippen molar-refractivity contribution in [2.24, 2.45) is 16.8 Å². The Labute approximate surface area is 103 Å². The van der Waals surface area contributed by atoms with E-state index < -0.39 is 10.0 Å². The second-order valence-corrected chi connectivity index (χ2v) is 6.24. The van der Waals surface area contributed by atoms with E-state index in [1.54, 1.807) is 12.1 Å². The zero-order valence-electron chi connectivity index (χ0n) is 10.4. The molecule has 4 nitrogen and oxygen atoms in total. The quantitative estimate of drug-likeness (QED) is 0.854. The molecule has 0 aliphatic heterocycles. The molecular weight excluding hydrogens is 236 g/mol. The summed E-state index contributed by atoms with van der Waals surface area (Å²) in [6.07, 6.45) is 0. The van der Waals surface area contributed by atoms with E-state index in [9.17, 15) is 8.42 Å². The predicted molar refractivity (Wildman–Crippen MR) is 69.0 cm³/mol. The van der Waals surface area contributed by atoms with Crippen LogP contribution in [0, 0.1) is 5.92 Å². The second kappa shape index (κ2) is 5.16. The molecule has 2 unspecified atom stereocenters. The van der Waals surface area contributed by atoms with Gasteiger partial charge in [0.05, 0.1) is 4.90 Å². The topological polar surface area (TPSA) is 86.2 Å². The van der Waals surface area contributed by atoms with Crippen LogP contribution in [0.3, 0.4) is 0 Å². The molecule has 0 saturated carbocycles. The van der Waals surface area contributed by atoms with Crippen molar-refractivity contribution in [3.63, 3.8) is 0 Å². The maximum atomic E-state index is 11.5. The lowest BCUT2D eigenvalue weighted by Gasteiger charge is -2.26. The van der Waals surface area contributed by atoms with E-state index in [2.05, 4.69) is 0 Å². The van der Waals surface area contributed by atoms with Crippen LogP contribution in [-0.4, -0.2) is 14.5 Å². The summed E-state index contributed by atoms with van der Waals surface area (Å²) < 4.78 is 23.1. The molecule has 5 heteroatoms. The van der Waals surface area contributed by atoms with Crippen molar-refractivity contribution < 1.29 is 8.42 Å². The third-order valence-corrected chi connectivity index (χ3v) is 3.85. The summed E-state index contributed by atoms with van der Waals surface area (Å²) in [5.41, 5.74) is 6.65. The van der Waals surface area contributed by atoms with Gasteiger partial charge in [-0.15, -0.1) is 0 Å². The Morgan fingerprint density at radius 3 is 2.06 bits per heavy atom. The minimum atomic E-state index is -3.70. The second-order valence-electron chi connectivity index (χ2n) is 4.71. The van der Waals surface area contributed by atoms with E-state index in [1.807, 2.05) is 26.8 Å². The summed E-state index contributed by atoms with van der Waals surface area (Å²) in [7, 11) is -3.70. The molecule has 0 aromatic heterocycles. The molecule has 0 radical (unpaired) electrons. The fourth-order valence-electron chi connectivity index (χ4n) is 2.26. The van der Waals surface area contributed by atoms with Crippen molar-refractivity contribution in [2.75, 3.05) is 0 Å². The zero-order chi connectivity index (χ0) is 13.2. The molecule has 1 aromatic rings. The highest BCUT2D eigenvalue weighted by molar-refractivity contribution is 7.89. The third kappa shape index (κ3) is 3.28. The van der Waals surface area contributed by atoms with Gasteiger partial charge in [-0.05, 0) is 24.5 Å². The summed E-state index contributed by atoms with van der Waals surface area (Å²) in [6, 6.07) is 6.66. The lowest BCUT2D eigenvalue weighted by Crippen LogP contribution is -2.30. The lowest BCUT2D eigenvalue weighted by atomic mass is 9.83. The predicted octanol–water partition coefficient (Wildman–Crippen LogP) is 1.42. The van der Waals surface area contributed by atoms with E-state index in [1.165, 1.54) is 6.07 Å². The molecule has 96 valence electrons. The van der Waals surface area contributed by atoms with Crippen LogP contribution in [0.5, 0.6) is 0 Å². The number of rotatable bonds is 4. The molecule has 0 aliphatic rings. The van der Waals surface area contributed by atoms with Gasteiger partial charge in [-0.2, -0.15) is 0 Å². The number of benzene rings is 1. The van der Waals surface area contributed by atoms with E-state index in [0.717, 1.165) is 0 Å². The van der Waals surface area contributed by atoms with Crippen molar-refractivity contribution >= 4 is 10.0 Å². The van der Waals surface area contributed by atoms with Gasteiger partial charge >= 0.3 is 0 Å². The number of primary sulfonamides is 1. The Balaban J connectivity index is 3.39. The monoisotopic (exact) mass is 256 g/mol. The van der Waals surface area contributed by atoms with E-state index in [0.29, 0.717) is 5.56 Å². The first-order chi connectivity index (χ1) is 7.75. The van der Waals surface area contributed by atoms with Crippen LogP contribution in [-0.2, 0) is 10.0 Å². The number of nitrogens with two attached hydrogens (primary N) is 2. The Morgan fingerprint density at radius 2 is 1.65 bits per heavy atom. The Morgan fingerprint density at radius 1 is 1.12 bits per heavy atom. The van der Waals surface area contributed by atoms with Gasteiger partial charge in [0.25, 0.3) is 0 Å². The smallest absolute Gasteiger partial charge is 0.238 e. The van der Waals surface area contributed by atoms with Crippen LogP contribution < -0.4 is 10.9 Å². The minimum absolute atomic E-state index is 0.0236. The maximum absolute atomic E-state index is 11.5. The van der Waals surface area contributed by atoms with Crippen molar-refractivity contribution in [1.29, 1.82) is 0 Å². The molecule has 2 atom stereocenters. The molecule has 1 aromatic carbocycles. The van der Waals surface area contributed by atoms with Crippen molar-refractivity contribution in [1.82, 2.24) is 0 Å². The van der Waals surface area contributed by atoms with Crippen molar-refractivity contribution in [3.05, 3.63) is 29.8 Å². The summed E-state index contributed by atoms with van der Waals surface area (Å²) >= 11 is 0. The number of hydrogen-bond donors (Lipinski definition) is 2. The molecular formula is C12H20N2O2S. The highest BCUT2D eigenvalue weighted by Crippen LogP contribution is 2.31. The van der Waals surface area contributed by atoms with Crippen LogP contribution >= 0.6 is 0 Å². The molecule has 0 heterocycles. The summed E-state index contributed by atoms with van der Waals surface area (Å²) in [5.74, 6) is 0.224. The number of hydrogen-bond acceptors (Lipinski definition) is 3. The standard InChI is InChI=1S/C12H20N2O2S/c1-8(2)12(9(3)13)10-6-4-5-7-11(10)17(14,15)16/h4-9,12H,13H2,1-3H3,(H2,14,15,16). The first-order valence-corrected chi connectivity index (χ1v) is 7.17. The van der Waals surface area contributed by atoms with Gasteiger partial charge in [0.2, 0.25) is 10.0 Å². The number of sulfonamides is 1. The minimum Gasteiger partial charge on any atom is -0.327 e. The summed E-state index contributed by atoms with van der Waals surface area (Å²) in [4.78, 5) is 0.177. The normalized spacial score (nSPS) is 15.9. The first-order valence-electron chi connectivity index (χ1n) is 5.62. The SMILES string of the molecule is CC(C)C(c1ccccc1S(N)(=O)=O)C(C)N. The zero-order valence-corrected chi connectivity index (χ0v) is 11.2. The van der Waals surface area contributed by atoms with Crippen LogP contribution in [0.2, 0.25) is 0 Å². The summed E-state index contributed by atoms with van der Waals surface area (Å²) in [5, 5.41) is 5.23. The van der Waals surface area contributed by atoms with Crippen LogP contribution in [0.1, 0.15) is 32.3 Å². The average Bonchev–Trinajstić information content (AvgIpc) is 2.15.